The highest BCUT2D eigenvalue weighted by atomic mass is 16.5. The largest absolute Gasteiger partial charge is 0.497 e. The molecule has 3 heteroatoms. The highest BCUT2D eigenvalue weighted by molar-refractivity contribution is 5.82. The lowest BCUT2D eigenvalue weighted by atomic mass is 10.1. The molecule has 0 heterocycles. The first-order valence-corrected chi connectivity index (χ1v) is 4.79. The summed E-state index contributed by atoms with van der Waals surface area (Å²) in [5.74, 6) is 1.32. The Balaban J connectivity index is 3.22. The van der Waals surface area contributed by atoms with Gasteiger partial charge in [0.05, 0.1) is 18.6 Å². The van der Waals surface area contributed by atoms with Crippen LogP contribution < -0.4 is 10.5 Å². The Morgan fingerprint density at radius 1 is 1.47 bits per heavy atom. The first-order valence-electron chi connectivity index (χ1n) is 4.79. The van der Waals surface area contributed by atoms with Gasteiger partial charge in [-0.1, -0.05) is 12.2 Å². The molecule has 0 saturated heterocycles. The van der Waals surface area contributed by atoms with Crippen molar-refractivity contribution in [2.75, 3.05) is 7.11 Å². The molecule has 0 aliphatic heterocycles. The van der Waals surface area contributed by atoms with Gasteiger partial charge in [-0.05, 0) is 26.0 Å². The number of hydrogen-bond acceptors (Lipinski definition) is 2. The topological polar surface area (TPSA) is 47.6 Å². The summed E-state index contributed by atoms with van der Waals surface area (Å²) in [6, 6.07) is 5.73. The van der Waals surface area contributed by atoms with Gasteiger partial charge < -0.3 is 10.5 Å². The summed E-state index contributed by atoms with van der Waals surface area (Å²) in [5.41, 5.74) is 7.42. The molecule has 0 aliphatic rings. The van der Waals surface area contributed by atoms with Crippen LogP contribution in [0.25, 0.3) is 6.08 Å². The van der Waals surface area contributed by atoms with E-state index in [2.05, 4.69) is 4.99 Å². The van der Waals surface area contributed by atoms with E-state index in [0.29, 0.717) is 5.84 Å². The number of ether oxygens (including phenoxy) is 1. The number of benzene rings is 1. The van der Waals surface area contributed by atoms with E-state index < -0.39 is 0 Å². The molecule has 15 heavy (non-hydrogen) atoms. The second kappa shape index (κ2) is 5.20. The van der Waals surface area contributed by atoms with Crippen LogP contribution in [0.15, 0.2) is 29.3 Å². The Bertz CT molecular complexity index is 391. The molecule has 0 fully saturated rings. The number of aliphatic imine (C=N–C) groups is 1. The average Bonchev–Trinajstić information content (AvgIpc) is 2.20. The summed E-state index contributed by atoms with van der Waals surface area (Å²) in [5, 5.41) is 0. The van der Waals surface area contributed by atoms with Crippen LogP contribution in [0.2, 0.25) is 0 Å². The van der Waals surface area contributed by atoms with E-state index in [0.717, 1.165) is 17.0 Å². The maximum absolute atomic E-state index is 5.57. The van der Waals surface area contributed by atoms with Gasteiger partial charge in [0.2, 0.25) is 0 Å². The summed E-state index contributed by atoms with van der Waals surface area (Å²) in [6.07, 6.45) is 3.95. The maximum Gasteiger partial charge on any atom is 0.121 e. The molecule has 0 bridgehead atoms. The van der Waals surface area contributed by atoms with E-state index in [9.17, 15) is 0 Å². The fourth-order valence-corrected chi connectivity index (χ4v) is 1.26. The van der Waals surface area contributed by atoms with E-state index >= 15 is 0 Å². The van der Waals surface area contributed by atoms with E-state index in [1.54, 1.807) is 14.0 Å². The summed E-state index contributed by atoms with van der Waals surface area (Å²) < 4.78 is 5.14. The summed E-state index contributed by atoms with van der Waals surface area (Å²) in [7, 11) is 1.63. The van der Waals surface area contributed by atoms with Gasteiger partial charge in [0.1, 0.15) is 5.75 Å². The Morgan fingerprint density at radius 3 is 2.73 bits per heavy atom. The first kappa shape index (κ1) is 11.3. The van der Waals surface area contributed by atoms with Crippen molar-refractivity contribution in [3.63, 3.8) is 0 Å². The zero-order chi connectivity index (χ0) is 11.3. The van der Waals surface area contributed by atoms with Crippen molar-refractivity contribution in [3.05, 3.63) is 29.8 Å². The van der Waals surface area contributed by atoms with Crippen molar-refractivity contribution < 1.29 is 4.74 Å². The summed E-state index contributed by atoms with van der Waals surface area (Å²) in [6.45, 7) is 3.73. The van der Waals surface area contributed by atoms with Crippen LogP contribution in [0.5, 0.6) is 5.75 Å². The number of hydrogen-bond donors (Lipinski definition) is 1. The molecule has 2 N–H and O–H groups in total. The lowest BCUT2D eigenvalue weighted by molar-refractivity contribution is 0.415. The number of amidine groups is 1. The molecule has 1 rings (SSSR count). The van der Waals surface area contributed by atoms with E-state index in [4.69, 9.17) is 10.5 Å². The second-order valence-corrected chi connectivity index (χ2v) is 3.18. The third-order valence-corrected chi connectivity index (χ3v) is 1.88. The van der Waals surface area contributed by atoms with Crippen molar-refractivity contribution in [1.82, 2.24) is 0 Å². The molecule has 0 atom stereocenters. The molecular weight excluding hydrogens is 188 g/mol. The Hall–Kier alpha value is -1.77. The van der Waals surface area contributed by atoms with Crippen LogP contribution in [-0.4, -0.2) is 12.9 Å². The molecule has 0 radical (unpaired) electrons. The van der Waals surface area contributed by atoms with Gasteiger partial charge in [0.25, 0.3) is 0 Å². The van der Waals surface area contributed by atoms with E-state index in [1.807, 2.05) is 37.3 Å². The van der Waals surface area contributed by atoms with Crippen LogP contribution in [0.4, 0.5) is 5.69 Å². The first-order chi connectivity index (χ1) is 7.17. The molecule has 80 valence electrons. The average molecular weight is 204 g/mol. The lowest BCUT2D eigenvalue weighted by Crippen LogP contribution is -2.04. The molecule has 0 unspecified atom stereocenters. The highest BCUT2D eigenvalue weighted by Gasteiger charge is 2.00. The smallest absolute Gasteiger partial charge is 0.121 e. The molecular formula is C12H16N2O. The zero-order valence-corrected chi connectivity index (χ0v) is 9.32. The Morgan fingerprint density at radius 2 is 2.20 bits per heavy atom. The highest BCUT2D eigenvalue weighted by Crippen LogP contribution is 2.26. The SMILES string of the molecule is C/C=C\c1ccc(OC)cc1N=C(C)N. The number of methoxy groups -OCH3 is 1. The third kappa shape index (κ3) is 3.13. The number of nitrogens with zero attached hydrogens (tertiary/aromatic N) is 1. The minimum Gasteiger partial charge on any atom is -0.497 e. The van der Waals surface area contributed by atoms with Crippen LogP contribution >= 0.6 is 0 Å². The van der Waals surface area contributed by atoms with Gasteiger partial charge >= 0.3 is 0 Å². The Labute approximate surface area is 90.3 Å². The predicted octanol–water partition coefficient (Wildman–Crippen LogP) is 2.74. The monoisotopic (exact) mass is 204 g/mol. The van der Waals surface area contributed by atoms with Crippen molar-refractivity contribution in [3.8, 4) is 5.75 Å². The Kier molecular flexibility index (Phi) is 3.92. The molecule has 3 nitrogen and oxygen atoms in total. The summed E-state index contributed by atoms with van der Waals surface area (Å²) in [4.78, 5) is 4.25. The molecule has 0 spiro atoms. The van der Waals surface area contributed by atoms with Gasteiger partial charge in [-0.15, -0.1) is 0 Å². The fraction of sp³-hybridized carbons (Fsp3) is 0.250. The molecule has 0 aliphatic carbocycles. The summed E-state index contributed by atoms with van der Waals surface area (Å²) >= 11 is 0. The molecule has 0 saturated carbocycles. The molecule has 0 aromatic heterocycles. The predicted molar refractivity (Wildman–Crippen MR) is 64.7 cm³/mol. The van der Waals surface area contributed by atoms with Crippen molar-refractivity contribution in [2.45, 2.75) is 13.8 Å². The fourth-order valence-electron chi connectivity index (χ4n) is 1.26. The number of nitrogens with two attached hydrogens (primary N) is 1. The van der Waals surface area contributed by atoms with Crippen molar-refractivity contribution >= 4 is 17.6 Å². The quantitative estimate of drug-likeness (QED) is 0.608. The number of rotatable bonds is 3. The molecule has 0 amide bonds. The molecule has 1 aromatic carbocycles. The van der Waals surface area contributed by atoms with Crippen LogP contribution in [0.3, 0.4) is 0 Å². The van der Waals surface area contributed by atoms with Gasteiger partial charge in [-0.25, -0.2) is 4.99 Å². The third-order valence-electron chi connectivity index (χ3n) is 1.88. The van der Waals surface area contributed by atoms with Crippen LogP contribution in [0, 0.1) is 0 Å². The van der Waals surface area contributed by atoms with Gasteiger partial charge in [0, 0.05) is 11.6 Å². The van der Waals surface area contributed by atoms with E-state index in [1.165, 1.54) is 0 Å². The zero-order valence-electron chi connectivity index (χ0n) is 9.32. The molecule has 1 aromatic rings. The maximum atomic E-state index is 5.57. The minimum absolute atomic E-state index is 0.536. The van der Waals surface area contributed by atoms with Gasteiger partial charge in [0.15, 0.2) is 0 Å². The van der Waals surface area contributed by atoms with Gasteiger partial charge in [-0.2, -0.15) is 0 Å². The van der Waals surface area contributed by atoms with Crippen molar-refractivity contribution in [1.29, 1.82) is 0 Å². The van der Waals surface area contributed by atoms with Crippen LogP contribution in [-0.2, 0) is 0 Å². The number of allylic oxidation sites excluding steroid dienone is 1. The normalized spacial score (nSPS) is 12.1. The lowest BCUT2D eigenvalue weighted by Gasteiger charge is -2.05. The van der Waals surface area contributed by atoms with E-state index in [-0.39, 0.29) is 0 Å². The van der Waals surface area contributed by atoms with Crippen LogP contribution in [0.1, 0.15) is 19.4 Å². The van der Waals surface area contributed by atoms with Gasteiger partial charge in [-0.3, -0.25) is 0 Å². The standard InChI is InChI=1S/C12H16N2O/c1-4-5-10-6-7-11(15-3)8-12(10)14-9(2)13/h4-8H,1-3H3,(H2,13,14)/b5-4-. The minimum atomic E-state index is 0.536. The second-order valence-electron chi connectivity index (χ2n) is 3.18. The van der Waals surface area contributed by atoms with Crippen molar-refractivity contribution in [2.24, 2.45) is 10.7 Å².